The molecule has 1 rings (SSSR count). The first-order chi connectivity index (χ1) is 8.99. The molecule has 2 N–H and O–H groups in total. The van der Waals surface area contributed by atoms with Crippen molar-refractivity contribution in [3.8, 4) is 0 Å². The Morgan fingerprint density at radius 3 is 2.21 bits per heavy atom. The molecule has 3 heteroatoms. The molecule has 1 aromatic carbocycles. The van der Waals surface area contributed by atoms with Crippen molar-refractivity contribution >= 4 is 0 Å². The first-order valence-electron chi connectivity index (χ1n) is 7.00. The lowest BCUT2D eigenvalue weighted by molar-refractivity contribution is 0.0624. The van der Waals surface area contributed by atoms with Gasteiger partial charge in [-0.3, -0.25) is 4.90 Å². The molecule has 0 aliphatic heterocycles. The fraction of sp³-hybridized carbons (Fsp3) is 0.625. The van der Waals surface area contributed by atoms with E-state index in [9.17, 15) is 0 Å². The van der Waals surface area contributed by atoms with Gasteiger partial charge in [0.2, 0.25) is 0 Å². The maximum absolute atomic E-state index is 6.49. The molecule has 0 fully saturated rings. The third-order valence-electron chi connectivity index (χ3n) is 3.81. The monoisotopic (exact) mass is 264 g/mol. The summed E-state index contributed by atoms with van der Waals surface area (Å²) in [4.78, 5) is 2.34. The minimum Gasteiger partial charge on any atom is -0.383 e. The van der Waals surface area contributed by atoms with Gasteiger partial charge in [0.05, 0.1) is 6.61 Å². The van der Waals surface area contributed by atoms with Gasteiger partial charge < -0.3 is 10.5 Å². The Hall–Kier alpha value is -0.900. The second-order valence-corrected chi connectivity index (χ2v) is 5.64. The van der Waals surface area contributed by atoms with Crippen LogP contribution in [-0.2, 0) is 4.74 Å². The molecule has 0 bridgehead atoms. The van der Waals surface area contributed by atoms with Gasteiger partial charge in [-0.05, 0) is 25.5 Å². The van der Waals surface area contributed by atoms with E-state index < -0.39 is 0 Å². The Bertz CT molecular complexity index is 353. The molecule has 0 aliphatic carbocycles. The summed E-state index contributed by atoms with van der Waals surface area (Å²) in [6.07, 6.45) is 0. The summed E-state index contributed by atoms with van der Waals surface area (Å²) < 4.78 is 5.26. The number of hydrogen-bond donors (Lipinski definition) is 1. The van der Waals surface area contributed by atoms with Crippen LogP contribution in [0.3, 0.4) is 0 Å². The Morgan fingerprint density at radius 1 is 1.16 bits per heavy atom. The van der Waals surface area contributed by atoms with E-state index in [4.69, 9.17) is 10.5 Å². The topological polar surface area (TPSA) is 38.5 Å². The Morgan fingerprint density at radius 2 is 1.74 bits per heavy atom. The highest BCUT2D eigenvalue weighted by molar-refractivity contribution is 5.20. The van der Waals surface area contributed by atoms with E-state index in [0.717, 1.165) is 6.61 Å². The van der Waals surface area contributed by atoms with E-state index in [-0.39, 0.29) is 6.04 Å². The van der Waals surface area contributed by atoms with Crippen LogP contribution in [0.1, 0.15) is 32.4 Å². The van der Waals surface area contributed by atoms with Gasteiger partial charge >= 0.3 is 0 Å². The van der Waals surface area contributed by atoms with Crippen molar-refractivity contribution < 1.29 is 4.74 Å². The maximum Gasteiger partial charge on any atom is 0.0615 e. The molecule has 0 saturated heterocycles. The average Bonchev–Trinajstić information content (AvgIpc) is 2.39. The van der Waals surface area contributed by atoms with Gasteiger partial charge in [0.25, 0.3) is 0 Å². The fourth-order valence-corrected chi connectivity index (χ4v) is 2.66. The van der Waals surface area contributed by atoms with Crippen LogP contribution in [-0.4, -0.2) is 37.7 Å². The predicted octanol–water partition coefficient (Wildman–Crippen LogP) is 2.68. The normalized spacial score (nSPS) is 16.6. The fourth-order valence-electron chi connectivity index (χ4n) is 2.66. The van der Waals surface area contributed by atoms with Crippen LogP contribution in [0.4, 0.5) is 0 Å². The van der Waals surface area contributed by atoms with Gasteiger partial charge in [0, 0.05) is 25.2 Å². The predicted molar refractivity (Wildman–Crippen MR) is 81.1 cm³/mol. The van der Waals surface area contributed by atoms with E-state index in [1.807, 2.05) is 18.2 Å². The average molecular weight is 264 g/mol. The first kappa shape index (κ1) is 16.2. The Labute approximate surface area is 117 Å². The van der Waals surface area contributed by atoms with Gasteiger partial charge in [0.1, 0.15) is 0 Å². The molecule has 0 aromatic heterocycles. The number of nitrogens with two attached hydrogens (primary N) is 1. The molecule has 108 valence electrons. The number of ether oxygens (including phenoxy) is 1. The minimum atomic E-state index is 0.0190. The van der Waals surface area contributed by atoms with Crippen LogP contribution < -0.4 is 5.73 Å². The molecule has 19 heavy (non-hydrogen) atoms. The smallest absolute Gasteiger partial charge is 0.0615 e. The van der Waals surface area contributed by atoms with Crippen LogP contribution in [0.5, 0.6) is 0 Å². The molecule has 1 aromatic rings. The minimum absolute atomic E-state index is 0.0190. The van der Waals surface area contributed by atoms with Crippen molar-refractivity contribution in [2.45, 2.75) is 38.9 Å². The van der Waals surface area contributed by atoms with E-state index in [1.54, 1.807) is 7.11 Å². The van der Waals surface area contributed by atoms with Gasteiger partial charge in [-0.1, -0.05) is 44.2 Å². The molecular weight excluding hydrogens is 236 g/mol. The van der Waals surface area contributed by atoms with Crippen LogP contribution >= 0.6 is 0 Å². The zero-order chi connectivity index (χ0) is 14.4. The largest absolute Gasteiger partial charge is 0.383 e. The lowest BCUT2D eigenvalue weighted by Gasteiger charge is -2.39. The Kier molecular flexibility index (Phi) is 6.49. The van der Waals surface area contributed by atoms with E-state index in [0.29, 0.717) is 18.0 Å². The molecule has 0 amide bonds. The zero-order valence-corrected chi connectivity index (χ0v) is 12.8. The van der Waals surface area contributed by atoms with Crippen molar-refractivity contribution in [3.05, 3.63) is 35.9 Å². The van der Waals surface area contributed by atoms with Crippen molar-refractivity contribution in [3.63, 3.8) is 0 Å². The number of hydrogen-bond acceptors (Lipinski definition) is 3. The van der Waals surface area contributed by atoms with Gasteiger partial charge in [-0.25, -0.2) is 0 Å². The molecule has 3 unspecified atom stereocenters. The van der Waals surface area contributed by atoms with Crippen LogP contribution in [0.15, 0.2) is 30.3 Å². The number of benzene rings is 1. The van der Waals surface area contributed by atoms with Gasteiger partial charge in [0.15, 0.2) is 0 Å². The molecule has 0 spiro atoms. The maximum atomic E-state index is 6.49. The second-order valence-electron chi connectivity index (χ2n) is 5.64. The molecule has 3 nitrogen and oxygen atoms in total. The van der Waals surface area contributed by atoms with Crippen molar-refractivity contribution in [1.29, 1.82) is 0 Å². The SMILES string of the molecule is COCC(C)N(C)C(C(C)C)C(N)c1ccccc1. The zero-order valence-electron chi connectivity index (χ0n) is 12.8. The summed E-state index contributed by atoms with van der Waals surface area (Å²) in [6, 6.07) is 11.0. The third kappa shape index (κ3) is 4.30. The molecule has 0 saturated carbocycles. The second kappa shape index (κ2) is 7.63. The lowest BCUT2D eigenvalue weighted by atomic mass is 9.90. The van der Waals surface area contributed by atoms with Crippen LogP contribution in [0.2, 0.25) is 0 Å². The summed E-state index contributed by atoms with van der Waals surface area (Å²) >= 11 is 0. The summed E-state index contributed by atoms with van der Waals surface area (Å²) in [5.41, 5.74) is 7.68. The molecular formula is C16H28N2O. The molecule has 3 atom stereocenters. The van der Waals surface area contributed by atoms with Gasteiger partial charge in [-0.15, -0.1) is 0 Å². The highest BCUT2D eigenvalue weighted by Gasteiger charge is 2.29. The number of nitrogens with zero attached hydrogens (tertiary/aromatic N) is 1. The van der Waals surface area contributed by atoms with Crippen molar-refractivity contribution in [2.24, 2.45) is 11.7 Å². The molecule has 0 aliphatic rings. The standard InChI is InChI=1S/C16H28N2O/c1-12(2)16(18(4)13(3)11-19-5)15(17)14-9-7-6-8-10-14/h6-10,12-13,15-16H,11,17H2,1-5H3. The number of methoxy groups -OCH3 is 1. The lowest BCUT2D eigenvalue weighted by Crippen LogP contribution is -2.49. The van der Waals surface area contributed by atoms with Crippen molar-refractivity contribution in [1.82, 2.24) is 4.90 Å². The van der Waals surface area contributed by atoms with Crippen molar-refractivity contribution in [2.75, 3.05) is 20.8 Å². The summed E-state index contributed by atoms with van der Waals surface area (Å²) in [6.45, 7) is 7.35. The highest BCUT2D eigenvalue weighted by Crippen LogP contribution is 2.25. The van der Waals surface area contributed by atoms with Gasteiger partial charge in [-0.2, -0.15) is 0 Å². The summed E-state index contributed by atoms with van der Waals surface area (Å²) in [5, 5.41) is 0. The molecule has 0 radical (unpaired) electrons. The first-order valence-corrected chi connectivity index (χ1v) is 7.00. The van der Waals surface area contributed by atoms with E-state index in [1.165, 1.54) is 5.56 Å². The summed E-state index contributed by atoms with van der Waals surface area (Å²) in [5.74, 6) is 0.486. The van der Waals surface area contributed by atoms with E-state index >= 15 is 0 Å². The number of rotatable bonds is 7. The third-order valence-corrected chi connectivity index (χ3v) is 3.81. The molecule has 0 heterocycles. The van der Waals surface area contributed by atoms with Crippen LogP contribution in [0, 0.1) is 5.92 Å². The summed E-state index contributed by atoms with van der Waals surface area (Å²) in [7, 11) is 3.88. The Balaban J connectivity index is 2.88. The van der Waals surface area contributed by atoms with Crippen LogP contribution in [0.25, 0.3) is 0 Å². The highest BCUT2D eigenvalue weighted by atomic mass is 16.5. The van der Waals surface area contributed by atoms with E-state index in [2.05, 4.69) is 44.9 Å². The quantitative estimate of drug-likeness (QED) is 0.823. The number of likely N-dealkylation sites (N-methyl/N-ethyl adjacent to an activating group) is 1.